The van der Waals surface area contributed by atoms with Crippen molar-refractivity contribution in [3.05, 3.63) is 50.1 Å². The number of halogens is 3. The topological polar surface area (TPSA) is 69.4 Å². The standard InChI is InChI=1S/C16H21ClO3S.C6H5Cl2N/c1-10-8-14(17)12(13(10)9-18)5-3-4-11-6-7-15(21-11)16(19)20-2;7-4-1-5(8)3-6(9)2-4/h6-7,9-10,12-14H,3-5,8H2,1-2H3;1-3H,9H2/t10-,12-,13+,14-;/m1./s1. The molecular formula is C22H26Cl3NO3S. The maximum absolute atomic E-state index is 11.4. The van der Waals surface area contributed by atoms with Gasteiger partial charge in [0, 0.05) is 31.9 Å². The first-order valence-corrected chi connectivity index (χ1v) is 11.7. The molecule has 1 aliphatic carbocycles. The molecule has 1 aromatic heterocycles. The molecule has 0 radical (unpaired) electrons. The fraction of sp³-hybridized carbons (Fsp3) is 0.455. The minimum Gasteiger partial charge on any atom is -0.465 e. The Kier molecular flexibility index (Phi) is 9.95. The molecule has 3 rings (SSSR count). The van der Waals surface area contributed by atoms with Crippen LogP contribution >= 0.6 is 46.1 Å². The molecule has 0 spiro atoms. The van der Waals surface area contributed by atoms with E-state index in [1.54, 1.807) is 18.2 Å². The Balaban J connectivity index is 0.000000297. The van der Waals surface area contributed by atoms with Crippen LogP contribution in [0.5, 0.6) is 0 Å². The van der Waals surface area contributed by atoms with Crippen molar-refractivity contribution < 1.29 is 14.3 Å². The number of alkyl halides is 1. The molecule has 2 N–H and O–H groups in total. The third kappa shape index (κ3) is 7.16. The molecule has 0 aliphatic heterocycles. The second-order valence-electron chi connectivity index (χ2n) is 7.46. The van der Waals surface area contributed by atoms with Gasteiger partial charge in [0.05, 0.1) is 7.11 Å². The monoisotopic (exact) mass is 489 g/mol. The highest BCUT2D eigenvalue weighted by molar-refractivity contribution is 7.13. The van der Waals surface area contributed by atoms with E-state index in [-0.39, 0.29) is 17.3 Å². The Morgan fingerprint density at radius 1 is 1.27 bits per heavy atom. The summed E-state index contributed by atoms with van der Waals surface area (Å²) >= 11 is 19.0. The number of methoxy groups -OCH3 is 1. The Morgan fingerprint density at radius 2 is 1.93 bits per heavy atom. The summed E-state index contributed by atoms with van der Waals surface area (Å²) in [7, 11) is 1.39. The second kappa shape index (κ2) is 11.9. The summed E-state index contributed by atoms with van der Waals surface area (Å²) in [4.78, 5) is 24.4. The van der Waals surface area contributed by atoms with Crippen LogP contribution in [0.25, 0.3) is 0 Å². The summed E-state index contributed by atoms with van der Waals surface area (Å²) in [5.41, 5.74) is 5.98. The van der Waals surface area contributed by atoms with Crippen LogP contribution in [-0.2, 0) is 16.0 Å². The summed E-state index contributed by atoms with van der Waals surface area (Å²) in [6, 6.07) is 8.71. The molecule has 1 fully saturated rings. The number of benzene rings is 1. The van der Waals surface area contributed by atoms with E-state index in [2.05, 4.69) is 6.92 Å². The molecule has 0 unspecified atom stereocenters. The van der Waals surface area contributed by atoms with Crippen molar-refractivity contribution in [1.82, 2.24) is 0 Å². The van der Waals surface area contributed by atoms with Gasteiger partial charge >= 0.3 is 5.97 Å². The molecule has 2 aromatic rings. The fourth-order valence-electron chi connectivity index (χ4n) is 3.77. The van der Waals surface area contributed by atoms with Gasteiger partial charge in [-0.05, 0) is 67.9 Å². The van der Waals surface area contributed by atoms with Gasteiger partial charge < -0.3 is 15.3 Å². The van der Waals surface area contributed by atoms with Crippen molar-refractivity contribution in [2.75, 3.05) is 12.8 Å². The SMILES string of the molecule is COC(=O)c1ccc(CCC[C@@H]2[C@@H](C=O)[C@H](C)C[C@H]2Cl)s1.Nc1cc(Cl)cc(Cl)c1. The average molecular weight is 491 g/mol. The maximum Gasteiger partial charge on any atom is 0.348 e. The lowest BCUT2D eigenvalue weighted by Gasteiger charge is -2.18. The molecule has 1 aliphatic rings. The highest BCUT2D eigenvalue weighted by Gasteiger charge is 2.39. The molecule has 1 heterocycles. The number of hydrogen-bond donors (Lipinski definition) is 1. The molecule has 0 saturated heterocycles. The van der Waals surface area contributed by atoms with E-state index in [9.17, 15) is 9.59 Å². The summed E-state index contributed by atoms with van der Waals surface area (Å²) in [5, 5.41) is 1.25. The van der Waals surface area contributed by atoms with Crippen LogP contribution in [0.2, 0.25) is 10.0 Å². The van der Waals surface area contributed by atoms with Crippen molar-refractivity contribution in [1.29, 1.82) is 0 Å². The number of carbonyl (C=O) groups is 2. The van der Waals surface area contributed by atoms with Crippen molar-refractivity contribution in [3.63, 3.8) is 0 Å². The van der Waals surface area contributed by atoms with E-state index < -0.39 is 0 Å². The largest absolute Gasteiger partial charge is 0.465 e. The number of carbonyl (C=O) groups excluding carboxylic acids is 2. The van der Waals surface area contributed by atoms with Gasteiger partial charge in [0.25, 0.3) is 0 Å². The molecular weight excluding hydrogens is 465 g/mol. The lowest BCUT2D eigenvalue weighted by molar-refractivity contribution is -0.113. The normalized spacial score (nSPS) is 22.8. The zero-order valence-corrected chi connectivity index (χ0v) is 20.0. The smallest absolute Gasteiger partial charge is 0.348 e. The van der Waals surface area contributed by atoms with Gasteiger partial charge in [-0.2, -0.15) is 0 Å². The van der Waals surface area contributed by atoms with Gasteiger partial charge in [-0.15, -0.1) is 22.9 Å². The Bertz CT molecular complexity index is 807. The van der Waals surface area contributed by atoms with E-state index in [1.807, 2.05) is 12.1 Å². The summed E-state index contributed by atoms with van der Waals surface area (Å²) in [6.07, 6.45) is 4.89. The Labute approximate surface area is 196 Å². The predicted molar refractivity (Wildman–Crippen MR) is 126 cm³/mol. The molecule has 8 heteroatoms. The van der Waals surface area contributed by atoms with E-state index in [1.165, 1.54) is 23.3 Å². The van der Waals surface area contributed by atoms with Crippen LogP contribution < -0.4 is 5.73 Å². The van der Waals surface area contributed by atoms with Crippen molar-refractivity contribution in [3.8, 4) is 0 Å². The van der Waals surface area contributed by atoms with Crippen molar-refractivity contribution in [2.24, 2.45) is 17.8 Å². The molecule has 164 valence electrons. The third-order valence-corrected chi connectivity index (χ3v) is 7.33. The van der Waals surface area contributed by atoms with Gasteiger partial charge in [-0.1, -0.05) is 30.1 Å². The lowest BCUT2D eigenvalue weighted by Crippen LogP contribution is -2.18. The maximum atomic E-state index is 11.4. The third-order valence-electron chi connectivity index (χ3n) is 5.26. The highest BCUT2D eigenvalue weighted by Crippen LogP contribution is 2.41. The number of nitrogen functional groups attached to an aromatic ring is 1. The number of hydrogen-bond acceptors (Lipinski definition) is 5. The number of aryl methyl sites for hydroxylation is 1. The van der Waals surface area contributed by atoms with Crippen LogP contribution in [-0.4, -0.2) is 24.7 Å². The lowest BCUT2D eigenvalue weighted by atomic mass is 9.88. The quantitative estimate of drug-likeness (QED) is 0.217. The minimum atomic E-state index is -0.280. The van der Waals surface area contributed by atoms with Gasteiger partial charge in [0.15, 0.2) is 0 Å². The van der Waals surface area contributed by atoms with Gasteiger partial charge in [-0.25, -0.2) is 4.79 Å². The number of rotatable bonds is 6. The van der Waals surface area contributed by atoms with E-state index in [0.717, 1.165) is 32.0 Å². The Morgan fingerprint density at radius 3 is 2.50 bits per heavy atom. The zero-order valence-electron chi connectivity index (χ0n) is 16.9. The van der Waals surface area contributed by atoms with Crippen molar-refractivity contribution in [2.45, 2.75) is 38.0 Å². The van der Waals surface area contributed by atoms with Gasteiger partial charge in [0.1, 0.15) is 11.2 Å². The van der Waals surface area contributed by atoms with E-state index in [4.69, 9.17) is 45.3 Å². The molecule has 0 amide bonds. The highest BCUT2D eigenvalue weighted by atomic mass is 35.5. The fourth-order valence-corrected chi connectivity index (χ4v) is 5.85. The molecule has 1 saturated carbocycles. The summed E-state index contributed by atoms with van der Waals surface area (Å²) in [5.74, 6) is 0.501. The van der Waals surface area contributed by atoms with E-state index in [0.29, 0.717) is 32.4 Å². The second-order valence-corrected chi connectivity index (χ2v) is 10.1. The summed E-state index contributed by atoms with van der Waals surface area (Å²) in [6.45, 7) is 2.11. The van der Waals surface area contributed by atoms with Crippen LogP contribution in [0.3, 0.4) is 0 Å². The Hall–Kier alpha value is -1.27. The average Bonchev–Trinajstić information content (AvgIpc) is 3.25. The molecule has 4 nitrogen and oxygen atoms in total. The summed E-state index contributed by atoms with van der Waals surface area (Å²) < 4.78 is 4.70. The first-order chi connectivity index (χ1) is 14.2. The predicted octanol–water partition coefficient (Wildman–Crippen LogP) is 6.51. The van der Waals surface area contributed by atoms with Crippen LogP contribution in [0.1, 0.15) is 40.7 Å². The number of nitrogens with two attached hydrogens (primary N) is 1. The minimum absolute atomic E-state index is 0.0986. The zero-order chi connectivity index (χ0) is 22.3. The number of aldehydes is 1. The molecule has 30 heavy (non-hydrogen) atoms. The first-order valence-electron chi connectivity index (χ1n) is 9.73. The number of anilines is 1. The molecule has 4 atom stereocenters. The van der Waals surface area contributed by atoms with Crippen LogP contribution in [0, 0.1) is 17.8 Å². The van der Waals surface area contributed by atoms with Crippen LogP contribution in [0.4, 0.5) is 5.69 Å². The van der Waals surface area contributed by atoms with Gasteiger partial charge in [-0.3, -0.25) is 0 Å². The molecule has 1 aromatic carbocycles. The van der Waals surface area contributed by atoms with E-state index >= 15 is 0 Å². The number of ether oxygens (including phenoxy) is 1. The van der Waals surface area contributed by atoms with Crippen molar-refractivity contribution >= 4 is 64.1 Å². The molecule has 0 bridgehead atoms. The number of thiophene rings is 1. The van der Waals surface area contributed by atoms with Crippen LogP contribution in [0.15, 0.2) is 30.3 Å². The first kappa shape index (κ1) is 25.0. The van der Waals surface area contributed by atoms with Gasteiger partial charge in [0.2, 0.25) is 0 Å². The number of esters is 1.